The van der Waals surface area contributed by atoms with Crippen molar-refractivity contribution >= 4 is 17.7 Å². The first-order valence-corrected chi connectivity index (χ1v) is 5.93. The highest BCUT2D eigenvalue weighted by Crippen LogP contribution is 2.14. The molecule has 102 valence electrons. The number of hydrogen-bond acceptors (Lipinski definition) is 4. The predicted molar refractivity (Wildman–Crippen MR) is 67.2 cm³/mol. The lowest BCUT2D eigenvalue weighted by Gasteiger charge is -2.33. The Morgan fingerprint density at radius 2 is 2.37 bits per heavy atom. The van der Waals surface area contributed by atoms with Crippen LogP contribution < -0.4 is 5.32 Å². The fraction of sp³-hybridized carbons (Fsp3) is 0.417. The Morgan fingerprint density at radius 1 is 1.58 bits per heavy atom. The van der Waals surface area contributed by atoms with Crippen LogP contribution in [0.1, 0.15) is 17.4 Å². The lowest BCUT2D eigenvalue weighted by atomic mass is 10.2. The summed E-state index contributed by atoms with van der Waals surface area (Å²) in [5.41, 5.74) is 0.0236. The van der Waals surface area contributed by atoms with Crippen LogP contribution >= 0.6 is 0 Å². The van der Waals surface area contributed by atoms with Crippen molar-refractivity contribution in [3.8, 4) is 0 Å². The van der Waals surface area contributed by atoms with Crippen LogP contribution in [0.5, 0.6) is 0 Å². The maximum absolute atomic E-state index is 12.1. The van der Waals surface area contributed by atoms with E-state index in [0.717, 1.165) is 0 Å². The van der Waals surface area contributed by atoms with E-state index in [-0.39, 0.29) is 23.5 Å². The van der Waals surface area contributed by atoms with Crippen molar-refractivity contribution in [3.05, 3.63) is 24.0 Å². The molecular weight excluding hydrogens is 250 g/mol. The van der Waals surface area contributed by atoms with E-state index in [1.165, 1.54) is 12.3 Å². The van der Waals surface area contributed by atoms with Crippen molar-refractivity contribution < 1.29 is 19.4 Å². The monoisotopic (exact) mass is 265 g/mol. The third kappa shape index (κ3) is 3.00. The van der Waals surface area contributed by atoms with E-state index in [4.69, 9.17) is 9.84 Å². The highest BCUT2D eigenvalue weighted by atomic mass is 16.5. The second-order valence-electron chi connectivity index (χ2n) is 4.25. The van der Waals surface area contributed by atoms with Crippen molar-refractivity contribution in [1.29, 1.82) is 0 Å². The first kappa shape index (κ1) is 13.3. The molecule has 7 nitrogen and oxygen atoms in total. The number of pyridine rings is 1. The summed E-state index contributed by atoms with van der Waals surface area (Å²) in [6.07, 6.45) is 1.37. The van der Waals surface area contributed by atoms with Gasteiger partial charge in [-0.15, -0.1) is 0 Å². The molecule has 0 spiro atoms. The number of nitrogens with zero attached hydrogens (tertiary/aromatic N) is 2. The minimum Gasteiger partial charge on any atom is -0.476 e. The second kappa shape index (κ2) is 5.66. The van der Waals surface area contributed by atoms with Crippen LogP contribution in [0.15, 0.2) is 18.3 Å². The first-order chi connectivity index (χ1) is 9.09. The maximum Gasteiger partial charge on any atom is 0.356 e. The molecule has 0 aliphatic carbocycles. The highest BCUT2D eigenvalue weighted by Gasteiger charge is 2.24. The zero-order chi connectivity index (χ0) is 13.8. The minimum atomic E-state index is -1.18. The number of carbonyl (C=O) groups is 2. The normalized spacial score (nSPS) is 19.0. The summed E-state index contributed by atoms with van der Waals surface area (Å²) >= 11 is 0. The van der Waals surface area contributed by atoms with Gasteiger partial charge in [0, 0.05) is 12.7 Å². The number of anilines is 1. The fourth-order valence-corrected chi connectivity index (χ4v) is 1.89. The van der Waals surface area contributed by atoms with Gasteiger partial charge in [-0.05, 0) is 19.1 Å². The molecule has 0 radical (unpaired) electrons. The van der Waals surface area contributed by atoms with Crippen molar-refractivity contribution in [2.75, 3.05) is 25.1 Å². The second-order valence-corrected chi connectivity index (χ2v) is 4.25. The Kier molecular flexibility index (Phi) is 3.96. The number of carboxylic acids is 1. The van der Waals surface area contributed by atoms with Crippen LogP contribution in [0.3, 0.4) is 0 Å². The number of urea groups is 1. The summed E-state index contributed by atoms with van der Waals surface area (Å²) in [7, 11) is 0. The number of carboxylic acid groups (broad SMARTS) is 1. The summed E-state index contributed by atoms with van der Waals surface area (Å²) in [5.74, 6) is -1.18. The molecule has 1 atom stereocenters. The van der Waals surface area contributed by atoms with Gasteiger partial charge in [0.25, 0.3) is 0 Å². The molecule has 1 aliphatic heterocycles. The van der Waals surface area contributed by atoms with E-state index in [0.29, 0.717) is 19.8 Å². The van der Waals surface area contributed by atoms with Crippen LogP contribution in [-0.4, -0.2) is 52.8 Å². The third-order valence-corrected chi connectivity index (χ3v) is 2.88. The molecule has 19 heavy (non-hydrogen) atoms. The summed E-state index contributed by atoms with van der Waals surface area (Å²) in [6.45, 7) is 3.32. The summed E-state index contributed by atoms with van der Waals surface area (Å²) in [6, 6.07) is 2.70. The number of rotatable bonds is 2. The molecule has 1 fully saturated rings. The molecule has 1 aromatic rings. The Balaban J connectivity index is 2.12. The molecule has 2 heterocycles. The Hall–Kier alpha value is -2.15. The first-order valence-electron chi connectivity index (χ1n) is 5.93. The van der Waals surface area contributed by atoms with Crippen LogP contribution in [0.2, 0.25) is 0 Å². The highest BCUT2D eigenvalue weighted by molar-refractivity contribution is 5.98. The van der Waals surface area contributed by atoms with Crippen molar-refractivity contribution in [1.82, 2.24) is 9.88 Å². The molecule has 0 bridgehead atoms. The van der Waals surface area contributed by atoms with Gasteiger partial charge in [0.2, 0.25) is 0 Å². The van der Waals surface area contributed by atoms with Gasteiger partial charge < -0.3 is 20.1 Å². The van der Waals surface area contributed by atoms with Crippen molar-refractivity contribution in [2.24, 2.45) is 0 Å². The van der Waals surface area contributed by atoms with E-state index in [1.807, 2.05) is 6.92 Å². The number of hydrogen-bond donors (Lipinski definition) is 2. The fourth-order valence-electron chi connectivity index (χ4n) is 1.89. The van der Waals surface area contributed by atoms with Gasteiger partial charge in [-0.1, -0.05) is 0 Å². The quantitative estimate of drug-likeness (QED) is 0.833. The molecule has 7 heteroatoms. The maximum atomic E-state index is 12.1. The van der Waals surface area contributed by atoms with E-state index < -0.39 is 5.97 Å². The van der Waals surface area contributed by atoms with Crippen LogP contribution in [0, 0.1) is 0 Å². The van der Waals surface area contributed by atoms with Gasteiger partial charge in [0.05, 0.1) is 24.9 Å². The largest absolute Gasteiger partial charge is 0.476 e. The molecule has 0 saturated carbocycles. The predicted octanol–water partition coefficient (Wildman–Crippen LogP) is 1.03. The van der Waals surface area contributed by atoms with E-state index >= 15 is 0 Å². The number of aromatic carboxylic acids is 1. The van der Waals surface area contributed by atoms with Gasteiger partial charge in [0.1, 0.15) is 0 Å². The molecule has 2 amide bonds. The van der Waals surface area contributed by atoms with E-state index in [9.17, 15) is 9.59 Å². The molecule has 1 aromatic heterocycles. The smallest absolute Gasteiger partial charge is 0.356 e. The van der Waals surface area contributed by atoms with Gasteiger partial charge in [0.15, 0.2) is 5.69 Å². The van der Waals surface area contributed by atoms with Gasteiger partial charge in [-0.3, -0.25) is 0 Å². The Morgan fingerprint density at radius 3 is 3.05 bits per heavy atom. The number of aromatic nitrogens is 1. The molecular formula is C12H15N3O4. The summed E-state index contributed by atoms with van der Waals surface area (Å²) in [4.78, 5) is 28.4. The number of amides is 2. The molecule has 2 N–H and O–H groups in total. The number of morpholine rings is 1. The Bertz CT molecular complexity index is 492. The molecule has 1 saturated heterocycles. The van der Waals surface area contributed by atoms with Crippen LogP contribution in [-0.2, 0) is 4.74 Å². The lowest BCUT2D eigenvalue weighted by Crippen LogP contribution is -2.49. The van der Waals surface area contributed by atoms with Gasteiger partial charge >= 0.3 is 12.0 Å². The lowest BCUT2D eigenvalue weighted by molar-refractivity contribution is 0.0221. The van der Waals surface area contributed by atoms with E-state index in [2.05, 4.69) is 10.3 Å². The van der Waals surface area contributed by atoms with E-state index in [1.54, 1.807) is 11.0 Å². The van der Waals surface area contributed by atoms with Crippen molar-refractivity contribution in [2.45, 2.75) is 13.0 Å². The van der Waals surface area contributed by atoms with Crippen LogP contribution in [0.4, 0.5) is 10.5 Å². The summed E-state index contributed by atoms with van der Waals surface area (Å²) in [5, 5.41) is 11.6. The molecule has 1 unspecified atom stereocenters. The average molecular weight is 265 g/mol. The minimum absolute atomic E-state index is 0.0429. The van der Waals surface area contributed by atoms with Crippen LogP contribution in [0.25, 0.3) is 0 Å². The summed E-state index contributed by atoms with van der Waals surface area (Å²) < 4.78 is 5.25. The standard InChI is InChI=1S/C12H15N3O4/c1-8-7-19-6-5-15(8)12(18)14-9-3-2-4-13-10(9)11(16)17/h2-4,8H,5-7H2,1H3,(H,14,18)(H,16,17). The van der Waals surface area contributed by atoms with Crippen molar-refractivity contribution in [3.63, 3.8) is 0 Å². The SMILES string of the molecule is CC1COCCN1C(=O)Nc1cccnc1C(=O)O. The van der Waals surface area contributed by atoms with Gasteiger partial charge in [-0.2, -0.15) is 0 Å². The topological polar surface area (TPSA) is 91.8 Å². The average Bonchev–Trinajstić information content (AvgIpc) is 2.39. The third-order valence-electron chi connectivity index (χ3n) is 2.88. The zero-order valence-corrected chi connectivity index (χ0v) is 10.5. The molecule has 1 aliphatic rings. The molecule has 2 rings (SSSR count). The molecule has 0 aromatic carbocycles. The number of carbonyl (C=O) groups excluding carboxylic acids is 1. The number of nitrogens with one attached hydrogen (secondary N) is 1. The Labute approximate surface area is 110 Å². The number of ether oxygens (including phenoxy) is 1. The van der Waals surface area contributed by atoms with Gasteiger partial charge in [-0.25, -0.2) is 14.6 Å². The zero-order valence-electron chi connectivity index (χ0n) is 10.5.